The highest BCUT2D eigenvalue weighted by molar-refractivity contribution is 7.22. The molecule has 5 rings (SSSR count). The second-order valence-corrected chi connectivity index (χ2v) is 11.4. The number of rotatable bonds is 6. The van der Waals surface area contributed by atoms with Gasteiger partial charge in [0.25, 0.3) is 5.91 Å². The van der Waals surface area contributed by atoms with Crippen molar-refractivity contribution in [1.82, 2.24) is 4.98 Å². The molecule has 9 nitrogen and oxygen atoms in total. The Morgan fingerprint density at radius 2 is 1.73 bits per heavy atom. The summed E-state index contributed by atoms with van der Waals surface area (Å²) in [6, 6.07) is 14.4. The van der Waals surface area contributed by atoms with E-state index in [1.54, 1.807) is 12.1 Å². The first-order chi connectivity index (χ1) is 21.0. The van der Waals surface area contributed by atoms with E-state index < -0.39 is 35.5 Å². The number of thiazole rings is 1. The molecule has 0 spiro atoms. The zero-order valence-corrected chi connectivity index (χ0v) is 24.0. The maximum Gasteiger partial charge on any atom is 0.416 e. The van der Waals surface area contributed by atoms with Gasteiger partial charge in [-0.25, -0.2) is 19.7 Å². The van der Waals surface area contributed by atoms with Crippen LogP contribution in [-0.4, -0.2) is 22.9 Å². The van der Waals surface area contributed by atoms with Crippen LogP contribution in [0.5, 0.6) is 0 Å². The van der Waals surface area contributed by atoms with E-state index in [0.717, 1.165) is 30.2 Å². The third-order valence-corrected chi connectivity index (χ3v) is 8.31. The Balaban J connectivity index is 1.42. The number of hydrogen-bond donors (Lipinski definition) is 3. The lowest BCUT2D eigenvalue weighted by atomic mass is 9.84. The number of nitrogens with two attached hydrogens (primary N) is 1. The van der Waals surface area contributed by atoms with Gasteiger partial charge in [0, 0.05) is 11.3 Å². The van der Waals surface area contributed by atoms with Crippen molar-refractivity contribution in [2.24, 2.45) is 15.8 Å². The van der Waals surface area contributed by atoms with Gasteiger partial charge < -0.3 is 5.73 Å². The fourth-order valence-corrected chi connectivity index (χ4v) is 6.05. The second-order valence-electron chi connectivity index (χ2n) is 10.3. The SMILES string of the molecule is N=NC(N)=NC(=O)c1ccc(CN(C(=O)Nc2nc3c(F)cc(C(F)(F)F)cc3s2)c2ccc(C3CCCCC3)cc2)cc1. The lowest BCUT2D eigenvalue weighted by Gasteiger charge is -2.25. The number of hydrogen-bond acceptors (Lipinski definition) is 5. The van der Waals surface area contributed by atoms with Gasteiger partial charge >= 0.3 is 12.2 Å². The Kier molecular flexibility index (Phi) is 8.99. The number of anilines is 2. The van der Waals surface area contributed by atoms with E-state index >= 15 is 0 Å². The number of carbonyl (C=O) groups is 2. The molecule has 1 aliphatic carbocycles. The first kappa shape index (κ1) is 30.7. The normalized spacial score (nSPS) is 14.4. The minimum Gasteiger partial charge on any atom is -0.366 e. The number of urea groups is 1. The van der Waals surface area contributed by atoms with E-state index in [0.29, 0.717) is 23.2 Å². The number of nitrogens with zero attached hydrogens (tertiary/aromatic N) is 4. The summed E-state index contributed by atoms with van der Waals surface area (Å²) in [5.74, 6) is -1.86. The Hall–Kier alpha value is -4.72. The first-order valence-electron chi connectivity index (χ1n) is 13.7. The number of aromatic nitrogens is 1. The third kappa shape index (κ3) is 7.08. The van der Waals surface area contributed by atoms with Crippen LogP contribution in [-0.2, 0) is 12.7 Å². The summed E-state index contributed by atoms with van der Waals surface area (Å²) >= 11 is 0.731. The quantitative estimate of drug-likeness (QED) is 0.0860. The van der Waals surface area contributed by atoms with Crippen molar-refractivity contribution in [3.8, 4) is 0 Å². The molecule has 1 aliphatic rings. The van der Waals surface area contributed by atoms with Gasteiger partial charge in [-0.3, -0.25) is 15.0 Å². The van der Waals surface area contributed by atoms with Crippen molar-refractivity contribution in [1.29, 1.82) is 5.53 Å². The van der Waals surface area contributed by atoms with Crippen LogP contribution in [0.25, 0.3) is 10.2 Å². The molecule has 0 unspecified atom stereocenters. The summed E-state index contributed by atoms with van der Waals surface area (Å²) in [6.07, 6.45) is 1.03. The van der Waals surface area contributed by atoms with Crippen LogP contribution in [0.3, 0.4) is 0 Å². The van der Waals surface area contributed by atoms with Crippen molar-refractivity contribution in [3.05, 3.63) is 88.7 Å². The van der Waals surface area contributed by atoms with E-state index in [9.17, 15) is 27.2 Å². The second kappa shape index (κ2) is 12.9. The van der Waals surface area contributed by atoms with E-state index in [-0.39, 0.29) is 27.5 Å². The number of halogens is 4. The molecule has 4 N–H and O–H groups in total. The van der Waals surface area contributed by atoms with Crippen LogP contribution in [0.15, 0.2) is 70.8 Å². The molecule has 0 aliphatic heterocycles. The average molecular weight is 626 g/mol. The molecule has 14 heteroatoms. The van der Waals surface area contributed by atoms with Crippen LogP contribution >= 0.6 is 11.3 Å². The lowest BCUT2D eigenvalue weighted by Crippen LogP contribution is -2.34. The molecule has 1 aromatic heterocycles. The summed E-state index contributed by atoms with van der Waals surface area (Å²) in [4.78, 5) is 34.8. The van der Waals surface area contributed by atoms with Crippen molar-refractivity contribution < 1.29 is 27.2 Å². The average Bonchev–Trinajstić information content (AvgIpc) is 3.43. The largest absolute Gasteiger partial charge is 0.416 e. The van der Waals surface area contributed by atoms with Crippen LogP contribution in [0.4, 0.5) is 33.2 Å². The van der Waals surface area contributed by atoms with Crippen molar-refractivity contribution in [3.63, 3.8) is 0 Å². The predicted molar refractivity (Wildman–Crippen MR) is 160 cm³/mol. The van der Waals surface area contributed by atoms with Gasteiger partial charge in [0.1, 0.15) is 5.52 Å². The molecule has 0 saturated heterocycles. The van der Waals surface area contributed by atoms with Gasteiger partial charge in [-0.15, -0.1) is 5.11 Å². The molecule has 228 valence electrons. The minimum atomic E-state index is -4.74. The molecule has 0 atom stereocenters. The van der Waals surface area contributed by atoms with Gasteiger partial charge in [-0.05, 0) is 66.3 Å². The molecule has 0 radical (unpaired) electrons. The Morgan fingerprint density at radius 3 is 2.36 bits per heavy atom. The van der Waals surface area contributed by atoms with E-state index in [1.807, 2.05) is 24.3 Å². The highest BCUT2D eigenvalue weighted by Gasteiger charge is 2.32. The molecule has 3 aromatic carbocycles. The molecule has 4 aromatic rings. The zero-order chi connectivity index (χ0) is 31.4. The molecule has 1 fully saturated rings. The predicted octanol–water partition coefficient (Wildman–Crippen LogP) is 8.23. The highest BCUT2D eigenvalue weighted by atomic mass is 32.1. The number of amides is 3. The molecule has 3 amide bonds. The molecule has 44 heavy (non-hydrogen) atoms. The smallest absolute Gasteiger partial charge is 0.366 e. The van der Waals surface area contributed by atoms with Crippen molar-refractivity contribution >= 4 is 50.3 Å². The molecular formula is C30H27F4N7O2S. The van der Waals surface area contributed by atoms with Crippen molar-refractivity contribution in [2.45, 2.75) is 50.7 Å². The Bertz CT molecular complexity index is 1710. The number of carbonyl (C=O) groups excluding carboxylic acids is 2. The minimum absolute atomic E-state index is 0.0496. The summed E-state index contributed by atoms with van der Waals surface area (Å²) in [6.45, 7) is 0.0496. The molecular weight excluding hydrogens is 598 g/mol. The van der Waals surface area contributed by atoms with Gasteiger partial charge in [0.05, 0.1) is 16.8 Å². The molecule has 1 saturated carbocycles. The molecule has 0 bridgehead atoms. The topological polar surface area (TPSA) is 137 Å². The third-order valence-electron chi connectivity index (χ3n) is 7.39. The number of aliphatic imine (C=N–C) groups is 1. The number of nitrogens with one attached hydrogen (secondary N) is 2. The van der Waals surface area contributed by atoms with E-state index in [4.69, 9.17) is 11.3 Å². The fraction of sp³-hybridized carbons (Fsp3) is 0.267. The number of alkyl halides is 3. The summed E-state index contributed by atoms with van der Waals surface area (Å²) < 4.78 is 54.0. The Labute approximate surface area is 253 Å². The van der Waals surface area contributed by atoms with Gasteiger partial charge in [0.15, 0.2) is 10.9 Å². The maximum atomic E-state index is 14.5. The lowest BCUT2D eigenvalue weighted by molar-refractivity contribution is -0.137. The number of benzene rings is 3. The summed E-state index contributed by atoms with van der Waals surface area (Å²) in [5.41, 5.74) is 13.3. The van der Waals surface area contributed by atoms with Gasteiger partial charge in [-0.2, -0.15) is 18.2 Å². The number of fused-ring (bicyclic) bond motifs is 1. The highest BCUT2D eigenvalue weighted by Crippen LogP contribution is 2.37. The van der Waals surface area contributed by atoms with E-state index in [2.05, 4.69) is 20.4 Å². The Morgan fingerprint density at radius 1 is 1.05 bits per heavy atom. The zero-order valence-electron chi connectivity index (χ0n) is 23.2. The number of guanidine groups is 1. The standard InChI is InChI=1S/C30H27F4N7O2S/c31-23-14-21(30(32,33)34)15-24-25(23)37-28(44-24)39-29(43)41(22-12-10-19(11-13-22)18-4-2-1-3-5-18)16-17-6-8-20(9-7-17)26(42)38-27(35)40-36/h6-15,18,36H,1-5,16H2,(H2,35,38,42)(H,37,39,43). The van der Waals surface area contributed by atoms with Gasteiger partial charge in [0.2, 0.25) is 5.96 Å². The van der Waals surface area contributed by atoms with Crippen LogP contribution in [0, 0.1) is 11.3 Å². The summed E-state index contributed by atoms with van der Waals surface area (Å²) in [7, 11) is 0. The van der Waals surface area contributed by atoms with Crippen LogP contribution in [0.2, 0.25) is 0 Å². The van der Waals surface area contributed by atoms with Crippen LogP contribution in [0.1, 0.15) is 65.1 Å². The first-order valence-corrected chi connectivity index (χ1v) is 14.5. The van der Waals surface area contributed by atoms with Gasteiger partial charge in [-0.1, -0.05) is 54.9 Å². The van der Waals surface area contributed by atoms with Crippen LogP contribution < -0.4 is 16.0 Å². The maximum absolute atomic E-state index is 14.5. The van der Waals surface area contributed by atoms with Crippen molar-refractivity contribution in [2.75, 3.05) is 10.2 Å². The fourth-order valence-electron chi connectivity index (χ4n) is 5.14. The summed E-state index contributed by atoms with van der Waals surface area (Å²) in [5, 5.41) is 5.44. The molecule has 1 heterocycles. The monoisotopic (exact) mass is 625 g/mol. The van der Waals surface area contributed by atoms with E-state index in [1.165, 1.54) is 41.9 Å².